The minimum absolute atomic E-state index is 0.162. The molecule has 1 aromatic carbocycles. The third-order valence-electron chi connectivity index (χ3n) is 6.31. The van der Waals surface area contributed by atoms with Crippen LogP contribution in [0.3, 0.4) is 0 Å². The van der Waals surface area contributed by atoms with Gasteiger partial charge in [-0.1, -0.05) is 13.0 Å². The summed E-state index contributed by atoms with van der Waals surface area (Å²) in [5.74, 6) is 1.14. The standard InChI is InChI=1S/C23H23FN6O/c1-14-8-18-11-23(10-14,21-25-6-3-7-26-21)30(18)22(31)29-17-5-4-15(2)19(9-17)20-27-12-16(24)13-28-20/h3-7,9,12-14,18H,8,10-11H2,1-2H3,(H,29,31)/t14-,18-,23+/m0/s1. The van der Waals surface area contributed by atoms with Gasteiger partial charge in [0.15, 0.2) is 17.5 Å². The number of amides is 2. The highest BCUT2D eigenvalue weighted by Crippen LogP contribution is 2.54. The van der Waals surface area contributed by atoms with Crippen LogP contribution in [0.2, 0.25) is 0 Å². The van der Waals surface area contributed by atoms with Gasteiger partial charge in [-0.2, -0.15) is 0 Å². The highest BCUT2D eigenvalue weighted by Gasteiger charge is 2.60. The van der Waals surface area contributed by atoms with E-state index >= 15 is 0 Å². The molecule has 8 heteroatoms. The van der Waals surface area contributed by atoms with E-state index in [-0.39, 0.29) is 12.1 Å². The first-order chi connectivity index (χ1) is 15.0. The number of hydrogen-bond donors (Lipinski definition) is 1. The average molecular weight is 418 g/mol. The number of rotatable bonds is 3. The molecule has 0 unspecified atom stereocenters. The molecule has 31 heavy (non-hydrogen) atoms. The number of piperidine rings is 1. The predicted octanol–water partition coefficient (Wildman–Crippen LogP) is 4.31. The molecule has 0 spiro atoms. The molecule has 3 aromatic rings. The van der Waals surface area contributed by atoms with Crippen LogP contribution in [0.1, 0.15) is 37.6 Å². The van der Waals surface area contributed by atoms with Gasteiger partial charge < -0.3 is 10.2 Å². The molecule has 2 aromatic heterocycles. The summed E-state index contributed by atoms with van der Waals surface area (Å²) in [6, 6.07) is 7.38. The second kappa shape index (κ2) is 7.37. The molecule has 2 saturated heterocycles. The summed E-state index contributed by atoms with van der Waals surface area (Å²) in [6.45, 7) is 4.14. The first kappa shape index (κ1) is 19.5. The van der Waals surface area contributed by atoms with Gasteiger partial charge in [-0.15, -0.1) is 0 Å². The Hall–Kier alpha value is -3.42. The van der Waals surface area contributed by atoms with Crippen LogP contribution in [0.4, 0.5) is 14.9 Å². The first-order valence-corrected chi connectivity index (χ1v) is 10.4. The van der Waals surface area contributed by atoms with Crippen molar-refractivity contribution in [2.24, 2.45) is 5.92 Å². The van der Waals surface area contributed by atoms with E-state index in [1.807, 2.05) is 30.0 Å². The molecule has 2 aliphatic rings. The van der Waals surface area contributed by atoms with Crippen LogP contribution in [-0.4, -0.2) is 36.9 Å². The summed E-state index contributed by atoms with van der Waals surface area (Å²) in [7, 11) is 0. The van der Waals surface area contributed by atoms with Gasteiger partial charge in [-0.25, -0.2) is 29.1 Å². The van der Waals surface area contributed by atoms with Gasteiger partial charge >= 0.3 is 6.03 Å². The van der Waals surface area contributed by atoms with Crippen molar-refractivity contribution in [2.75, 3.05) is 5.32 Å². The number of hydrogen-bond acceptors (Lipinski definition) is 5. The van der Waals surface area contributed by atoms with E-state index in [1.165, 1.54) is 0 Å². The second-order valence-electron chi connectivity index (χ2n) is 8.56. The molecule has 0 saturated carbocycles. The maximum atomic E-state index is 13.3. The van der Waals surface area contributed by atoms with Crippen LogP contribution in [-0.2, 0) is 5.54 Å². The third kappa shape index (κ3) is 3.32. The number of halogens is 1. The van der Waals surface area contributed by atoms with E-state index in [0.29, 0.717) is 23.3 Å². The van der Waals surface area contributed by atoms with E-state index in [0.717, 1.165) is 42.8 Å². The zero-order chi connectivity index (χ0) is 21.6. The summed E-state index contributed by atoms with van der Waals surface area (Å²) in [6.07, 6.45) is 8.45. The molecular formula is C23H23FN6O. The number of aromatic nitrogens is 4. The lowest BCUT2D eigenvalue weighted by molar-refractivity contribution is -0.100. The number of aryl methyl sites for hydroxylation is 1. The number of anilines is 1. The van der Waals surface area contributed by atoms with Crippen molar-refractivity contribution in [1.29, 1.82) is 0 Å². The van der Waals surface area contributed by atoms with Crippen molar-refractivity contribution in [3.63, 3.8) is 0 Å². The Bertz CT molecular complexity index is 1120. The molecule has 158 valence electrons. The van der Waals surface area contributed by atoms with Crippen molar-refractivity contribution >= 4 is 11.7 Å². The van der Waals surface area contributed by atoms with Crippen molar-refractivity contribution < 1.29 is 9.18 Å². The van der Waals surface area contributed by atoms with Crippen LogP contribution >= 0.6 is 0 Å². The van der Waals surface area contributed by atoms with Crippen molar-refractivity contribution in [3.05, 3.63) is 66.3 Å². The molecule has 2 aliphatic heterocycles. The van der Waals surface area contributed by atoms with Crippen LogP contribution in [0, 0.1) is 18.7 Å². The molecule has 2 amide bonds. The van der Waals surface area contributed by atoms with Gasteiger partial charge in [0.05, 0.1) is 12.4 Å². The van der Waals surface area contributed by atoms with Gasteiger partial charge in [0.1, 0.15) is 5.54 Å². The normalized spacial score (nSPS) is 24.4. The molecular weight excluding hydrogens is 395 g/mol. The summed E-state index contributed by atoms with van der Waals surface area (Å²) < 4.78 is 13.2. The Balaban J connectivity index is 1.42. The van der Waals surface area contributed by atoms with Gasteiger partial charge in [0.2, 0.25) is 0 Å². The average Bonchev–Trinajstić information content (AvgIpc) is 2.76. The van der Waals surface area contributed by atoms with Gasteiger partial charge in [-0.3, -0.25) is 0 Å². The highest BCUT2D eigenvalue weighted by molar-refractivity contribution is 5.92. The summed E-state index contributed by atoms with van der Waals surface area (Å²) in [5.41, 5.74) is 1.87. The van der Waals surface area contributed by atoms with Gasteiger partial charge in [0.25, 0.3) is 0 Å². The Morgan fingerprint density at radius 3 is 2.65 bits per heavy atom. The number of benzene rings is 1. The number of urea groups is 1. The number of carbonyl (C=O) groups excluding carboxylic acids is 1. The second-order valence-corrected chi connectivity index (χ2v) is 8.56. The molecule has 3 atom stereocenters. The summed E-state index contributed by atoms with van der Waals surface area (Å²) >= 11 is 0. The Kier molecular flexibility index (Phi) is 4.64. The monoisotopic (exact) mass is 418 g/mol. The van der Waals surface area contributed by atoms with E-state index in [9.17, 15) is 9.18 Å². The number of nitrogens with zero attached hydrogens (tertiary/aromatic N) is 5. The maximum absolute atomic E-state index is 13.3. The van der Waals surface area contributed by atoms with E-state index < -0.39 is 11.4 Å². The van der Waals surface area contributed by atoms with E-state index in [1.54, 1.807) is 18.5 Å². The molecule has 5 rings (SSSR count). The van der Waals surface area contributed by atoms with E-state index in [4.69, 9.17) is 0 Å². The topological polar surface area (TPSA) is 83.9 Å². The Labute approximate surface area is 179 Å². The van der Waals surface area contributed by atoms with E-state index in [2.05, 4.69) is 32.2 Å². The minimum Gasteiger partial charge on any atom is -0.308 e. The van der Waals surface area contributed by atoms with Crippen LogP contribution in [0.15, 0.2) is 49.1 Å². The van der Waals surface area contributed by atoms with Crippen molar-refractivity contribution in [1.82, 2.24) is 24.8 Å². The molecule has 2 fully saturated rings. The molecule has 4 heterocycles. The fraction of sp³-hybridized carbons (Fsp3) is 0.348. The van der Waals surface area contributed by atoms with Crippen LogP contribution < -0.4 is 5.32 Å². The number of nitrogens with one attached hydrogen (secondary N) is 1. The number of carbonyl (C=O) groups is 1. The smallest absolute Gasteiger partial charge is 0.308 e. The summed E-state index contributed by atoms with van der Waals surface area (Å²) in [4.78, 5) is 32.4. The first-order valence-electron chi connectivity index (χ1n) is 10.4. The van der Waals surface area contributed by atoms with Crippen LogP contribution in [0.5, 0.6) is 0 Å². The lowest BCUT2D eigenvalue weighted by Crippen LogP contribution is -2.70. The molecule has 0 aliphatic carbocycles. The Morgan fingerprint density at radius 2 is 1.90 bits per heavy atom. The molecule has 0 radical (unpaired) electrons. The third-order valence-corrected chi connectivity index (χ3v) is 6.31. The zero-order valence-corrected chi connectivity index (χ0v) is 17.4. The SMILES string of the molecule is Cc1ccc(NC(=O)N2[C@H]3C[C@H](C)C[C@]2(c2ncccn2)C3)cc1-c1ncc(F)cn1. The van der Waals surface area contributed by atoms with Crippen molar-refractivity contribution in [3.8, 4) is 11.4 Å². The maximum Gasteiger partial charge on any atom is 0.322 e. The zero-order valence-electron chi connectivity index (χ0n) is 17.4. The lowest BCUT2D eigenvalue weighted by Gasteiger charge is -2.62. The fourth-order valence-corrected chi connectivity index (χ4v) is 5.08. The van der Waals surface area contributed by atoms with Crippen LogP contribution in [0.25, 0.3) is 11.4 Å². The Morgan fingerprint density at radius 1 is 1.16 bits per heavy atom. The van der Waals surface area contributed by atoms with Gasteiger partial charge in [0, 0.05) is 29.7 Å². The minimum atomic E-state index is -0.488. The largest absolute Gasteiger partial charge is 0.322 e. The lowest BCUT2D eigenvalue weighted by atomic mass is 9.64. The van der Waals surface area contributed by atoms with Gasteiger partial charge in [-0.05, 0) is 55.9 Å². The molecule has 1 N–H and O–H groups in total. The molecule has 2 bridgehead atoms. The van der Waals surface area contributed by atoms with Crippen molar-refractivity contribution in [2.45, 2.75) is 44.7 Å². The number of fused-ring (bicyclic) bond motifs is 2. The highest BCUT2D eigenvalue weighted by atomic mass is 19.1. The summed E-state index contributed by atoms with van der Waals surface area (Å²) in [5, 5.41) is 3.03. The predicted molar refractivity (Wildman–Crippen MR) is 114 cm³/mol. The quantitative estimate of drug-likeness (QED) is 0.685. The molecule has 7 nitrogen and oxygen atoms in total. The fourth-order valence-electron chi connectivity index (χ4n) is 5.08.